The van der Waals surface area contributed by atoms with Crippen LogP contribution in [0.3, 0.4) is 0 Å². The van der Waals surface area contributed by atoms with Gasteiger partial charge in [0, 0.05) is 27.6 Å². The fourth-order valence-electron chi connectivity index (χ4n) is 9.93. The molecule has 0 fully saturated rings. The molecule has 0 spiro atoms. The largest absolute Gasteiger partial charge is 0.248 e. The molecule has 12 rings (SSSR count). The summed E-state index contributed by atoms with van der Waals surface area (Å²) in [5.74, 6) is 0.674. The number of nitrogens with zero attached hydrogens (tertiary/aromatic N) is 3. The molecule has 0 saturated carbocycles. The van der Waals surface area contributed by atoms with Crippen LogP contribution in [0.25, 0.3) is 89.4 Å². The highest BCUT2D eigenvalue weighted by atomic mass is 14.9. The Balaban J connectivity index is 1.10. The number of hydrogen-bond acceptors (Lipinski definition) is 3. The second-order valence-corrected chi connectivity index (χ2v) is 16.7. The first-order valence-corrected chi connectivity index (χ1v) is 22.2. The van der Waals surface area contributed by atoms with Gasteiger partial charge in [0.1, 0.15) is 0 Å². The molecule has 3 heteroatoms. The van der Waals surface area contributed by atoms with Gasteiger partial charge in [-0.15, -0.1) is 0 Å². The monoisotopic (exact) mass is 827 g/mol. The van der Waals surface area contributed by atoms with E-state index in [2.05, 4.69) is 237 Å². The highest BCUT2D eigenvalue weighted by molar-refractivity contribution is 6.03. The van der Waals surface area contributed by atoms with Crippen LogP contribution in [0.5, 0.6) is 0 Å². The van der Waals surface area contributed by atoms with Crippen molar-refractivity contribution in [3.63, 3.8) is 0 Å². The predicted molar refractivity (Wildman–Crippen MR) is 267 cm³/mol. The summed E-state index contributed by atoms with van der Waals surface area (Å²) in [5, 5.41) is 1.08. The van der Waals surface area contributed by atoms with E-state index in [4.69, 9.17) is 15.0 Å². The van der Waals surface area contributed by atoms with Crippen LogP contribution in [0.15, 0.2) is 249 Å². The molecule has 9 aromatic carbocycles. The molecule has 0 saturated heterocycles. The summed E-state index contributed by atoms with van der Waals surface area (Å²) >= 11 is 0. The third-order valence-corrected chi connectivity index (χ3v) is 13.0. The summed E-state index contributed by atoms with van der Waals surface area (Å²) in [6.45, 7) is 0. The van der Waals surface area contributed by atoms with Gasteiger partial charge in [0.2, 0.25) is 0 Å². The summed E-state index contributed by atoms with van der Waals surface area (Å²) in [5.41, 5.74) is 19.1. The van der Waals surface area contributed by atoms with Gasteiger partial charge in [-0.2, -0.15) is 0 Å². The van der Waals surface area contributed by atoms with Crippen LogP contribution >= 0.6 is 0 Å². The Morgan fingerprint density at radius 3 is 1.34 bits per heavy atom. The van der Waals surface area contributed by atoms with Crippen molar-refractivity contribution < 1.29 is 0 Å². The van der Waals surface area contributed by atoms with Crippen molar-refractivity contribution in [2.45, 2.75) is 5.41 Å². The second-order valence-electron chi connectivity index (χ2n) is 16.7. The van der Waals surface area contributed by atoms with Crippen LogP contribution in [-0.4, -0.2) is 15.0 Å². The van der Waals surface area contributed by atoms with E-state index in [1.54, 1.807) is 0 Å². The molecule has 0 unspecified atom stereocenters. The lowest BCUT2D eigenvalue weighted by atomic mass is 9.67. The Bertz CT molecular complexity index is 3400. The first-order chi connectivity index (χ1) is 32.2. The Hall–Kier alpha value is -8.53. The molecular formula is C62H41N3. The fraction of sp³-hybridized carbons (Fsp3) is 0.0161. The minimum Gasteiger partial charge on any atom is -0.248 e. The molecule has 2 aromatic heterocycles. The molecule has 0 N–H and O–H groups in total. The number of rotatable bonds is 8. The molecule has 0 bridgehead atoms. The average Bonchev–Trinajstić information content (AvgIpc) is 3.68. The minimum atomic E-state index is -0.546. The van der Waals surface area contributed by atoms with Crippen LogP contribution in [-0.2, 0) is 5.41 Å². The van der Waals surface area contributed by atoms with Gasteiger partial charge in [0.15, 0.2) is 5.82 Å². The van der Waals surface area contributed by atoms with E-state index >= 15 is 0 Å². The normalized spacial score (nSPS) is 12.4. The topological polar surface area (TPSA) is 38.7 Å². The standard InChI is InChI=1S/C62H41N3/c1-6-19-42(20-7-1)43-33-35-46(36-34-43)57-39-52(47-25-18-26-48(37-47)61-64-58(44-21-8-2-9-22-44)41-59(65-61)45-23-10-3-11-24-45)54-38-53-51-31-16-17-32-55(51)62(49-27-12-4-13-28-49,50-29-14-5-15-30-50)56(53)40-60(54)63-57/h1-41H. The van der Waals surface area contributed by atoms with Crippen LogP contribution < -0.4 is 0 Å². The number of benzene rings is 9. The summed E-state index contributed by atoms with van der Waals surface area (Å²) in [6.07, 6.45) is 0. The van der Waals surface area contributed by atoms with Crippen LogP contribution in [0.1, 0.15) is 22.3 Å². The molecule has 0 aliphatic heterocycles. The molecule has 3 nitrogen and oxygen atoms in total. The average molecular weight is 828 g/mol. The van der Waals surface area contributed by atoms with Gasteiger partial charge in [0.25, 0.3) is 0 Å². The van der Waals surface area contributed by atoms with Crippen molar-refractivity contribution in [2.75, 3.05) is 0 Å². The summed E-state index contributed by atoms with van der Waals surface area (Å²) in [6, 6.07) is 88.8. The van der Waals surface area contributed by atoms with Crippen molar-refractivity contribution in [3.8, 4) is 78.5 Å². The Morgan fingerprint density at radius 1 is 0.262 bits per heavy atom. The number of fused-ring (bicyclic) bond motifs is 4. The zero-order valence-corrected chi connectivity index (χ0v) is 35.5. The molecule has 1 aliphatic carbocycles. The molecule has 0 atom stereocenters. The zero-order chi connectivity index (χ0) is 43.2. The van der Waals surface area contributed by atoms with Crippen molar-refractivity contribution in [1.82, 2.24) is 15.0 Å². The third kappa shape index (κ3) is 6.65. The lowest BCUT2D eigenvalue weighted by Crippen LogP contribution is -2.28. The quantitative estimate of drug-likeness (QED) is 0.153. The summed E-state index contributed by atoms with van der Waals surface area (Å²) in [4.78, 5) is 16.0. The first-order valence-electron chi connectivity index (χ1n) is 22.2. The summed E-state index contributed by atoms with van der Waals surface area (Å²) in [7, 11) is 0. The Labute approximate surface area is 379 Å². The molecular weight excluding hydrogens is 787 g/mol. The number of hydrogen-bond donors (Lipinski definition) is 0. The highest BCUT2D eigenvalue weighted by Crippen LogP contribution is 2.57. The van der Waals surface area contributed by atoms with Gasteiger partial charge >= 0.3 is 0 Å². The molecule has 65 heavy (non-hydrogen) atoms. The summed E-state index contributed by atoms with van der Waals surface area (Å²) < 4.78 is 0. The van der Waals surface area contributed by atoms with Crippen LogP contribution in [0, 0.1) is 0 Å². The van der Waals surface area contributed by atoms with Crippen molar-refractivity contribution in [3.05, 3.63) is 271 Å². The molecule has 304 valence electrons. The first kappa shape index (κ1) is 38.2. The maximum atomic E-state index is 5.57. The van der Waals surface area contributed by atoms with Gasteiger partial charge < -0.3 is 0 Å². The van der Waals surface area contributed by atoms with E-state index in [0.29, 0.717) is 5.82 Å². The van der Waals surface area contributed by atoms with Crippen molar-refractivity contribution in [2.24, 2.45) is 0 Å². The van der Waals surface area contributed by atoms with Gasteiger partial charge in [-0.05, 0) is 86.0 Å². The zero-order valence-electron chi connectivity index (χ0n) is 35.5. The fourth-order valence-corrected chi connectivity index (χ4v) is 9.93. The minimum absolute atomic E-state index is 0.546. The molecule has 0 radical (unpaired) electrons. The van der Waals surface area contributed by atoms with Gasteiger partial charge in [-0.25, -0.2) is 15.0 Å². The maximum absolute atomic E-state index is 5.57. The van der Waals surface area contributed by atoms with E-state index in [1.807, 2.05) is 12.1 Å². The van der Waals surface area contributed by atoms with Crippen LogP contribution in [0.4, 0.5) is 0 Å². The second kappa shape index (κ2) is 16.0. The van der Waals surface area contributed by atoms with E-state index < -0.39 is 5.41 Å². The van der Waals surface area contributed by atoms with E-state index in [-0.39, 0.29) is 0 Å². The smallest absolute Gasteiger partial charge is 0.160 e. The molecule has 11 aromatic rings. The van der Waals surface area contributed by atoms with Gasteiger partial charge in [-0.1, -0.05) is 218 Å². The number of aromatic nitrogens is 3. The van der Waals surface area contributed by atoms with Crippen molar-refractivity contribution in [1.29, 1.82) is 0 Å². The van der Waals surface area contributed by atoms with E-state index in [9.17, 15) is 0 Å². The van der Waals surface area contributed by atoms with Crippen LogP contribution in [0.2, 0.25) is 0 Å². The van der Waals surface area contributed by atoms with Gasteiger partial charge in [0.05, 0.1) is 28.0 Å². The predicted octanol–water partition coefficient (Wildman–Crippen LogP) is 15.4. The lowest BCUT2D eigenvalue weighted by Gasteiger charge is -2.34. The van der Waals surface area contributed by atoms with E-state index in [0.717, 1.165) is 61.4 Å². The maximum Gasteiger partial charge on any atom is 0.160 e. The van der Waals surface area contributed by atoms with Crippen molar-refractivity contribution >= 4 is 10.9 Å². The third-order valence-electron chi connectivity index (χ3n) is 13.0. The Kier molecular flexibility index (Phi) is 9.39. The Morgan fingerprint density at radius 2 is 0.723 bits per heavy atom. The SMILES string of the molecule is c1ccc(-c2ccc(-c3cc(-c4cccc(-c5nc(-c6ccccc6)cc(-c6ccccc6)n5)c4)c4cc5c(cc4n3)C(c3ccccc3)(c3ccccc3)c3ccccc3-5)cc2)cc1. The molecule has 1 aliphatic rings. The van der Waals surface area contributed by atoms with E-state index in [1.165, 1.54) is 44.5 Å². The lowest BCUT2D eigenvalue weighted by molar-refractivity contribution is 0.769. The molecule has 0 amide bonds. The highest BCUT2D eigenvalue weighted by Gasteiger charge is 2.46. The number of pyridine rings is 1. The van der Waals surface area contributed by atoms with Gasteiger partial charge in [-0.3, -0.25) is 0 Å². The molecule has 2 heterocycles.